The van der Waals surface area contributed by atoms with Crippen LogP contribution in [-0.4, -0.2) is 41.5 Å². The van der Waals surface area contributed by atoms with Crippen LogP contribution in [0.25, 0.3) is 0 Å². The molecule has 1 aromatic rings. The van der Waals surface area contributed by atoms with E-state index in [2.05, 4.69) is 15.9 Å². The Hall–Kier alpha value is -0.650. The van der Waals surface area contributed by atoms with Crippen LogP contribution in [0.5, 0.6) is 0 Å². The highest BCUT2D eigenvalue weighted by Crippen LogP contribution is 2.24. The predicted octanol–water partition coefficient (Wildman–Crippen LogP) is 3.45. The molecule has 1 aromatic carbocycles. The first-order valence-corrected chi connectivity index (χ1v) is 7.63. The third kappa shape index (κ3) is 3.51. The van der Waals surface area contributed by atoms with Gasteiger partial charge in [-0.1, -0.05) is 15.9 Å². The van der Waals surface area contributed by atoms with Crippen LogP contribution in [-0.2, 0) is 4.74 Å². The van der Waals surface area contributed by atoms with E-state index in [1.807, 2.05) is 13.8 Å². The number of ether oxygens (including phenoxy) is 1. The van der Waals surface area contributed by atoms with Crippen LogP contribution in [0.1, 0.15) is 24.2 Å². The van der Waals surface area contributed by atoms with Gasteiger partial charge in [-0.2, -0.15) is 0 Å². The van der Waals surface area contributed by atoms with Crippen molar-refractivity contribution in [1.82, 2.24) is 4.90 Å². The molecule has 2 rings (SSSR count). The van der Waals surface area contributed by atoms with E-state index in [-0.39, 0.29) is 17.6 Å². The van der Waals surface area contributed by atoms with E-state index in [1.165, 1.54) is 12.1 Å². The van der Waals surface area contributed by atoms with E-state index < -0.39 is 11.4 Å². The molecule has 1 amide bonds. The Kier molecular flexibility index (Phi) is 4.72. The number of morpholine rings is 1. The average Bonchev–Trinajstić information content (AvgIpc) is 2.36. The third-order valence-electron chi connectivity index (χ3n) is 3.10. The van der Waals surface area contributed by atoms with Crippen molar-refractivity contribution in [2.75, 3.05) is 19.0 Å². The number of benzene rings is 1. The van der Waals surface area contributed by atoms with Crippen molar-refractivity contribution in [1.29, 1.82) is 0 Å². The standard InChI is InChI=1S/C14H16BrClFNO2/c1-14(2)8-18(7-10(6-16)20-14)13(19)11-4-3-9(15)5-12(11)17/h3-5,10H,6-8H2,1-2H3. The fourth-order valence-corrected chi connectivity index (χ4v) is 2.86. The molecular weight excluding hydrogens is 349 g/mol. The number of hydrogen-bond donors (Lipinski definition) is 0. The smallest absolute Gasteiger partial charge is 0.257 e. The molecule has 1 aliphatic rings. The summed E-state index contributed by atoms with van der Waals surface area (Å²) in [5.74, 6) is -0.562. The monoisotopic (exact) mass is 363 g/mol. The van der Waals surface area contributed by atoms with Crippen molar-refractivity contribution in [3.8, 4) is 0 Å². The lowest BCUT2D eigenvalue weighted by Crippen LogP contribution is -2.55. The Morgan fingerprint density at radius 2 is 2.30 bits per heavy atom. The third-order valence-corrected chi connectivity index (χ3v) is 3.94. The average molecular weight is 365 g/mol. The first kappa shape index (κ1) is 15.7. The summed E-state index contributed by atoms with van der Waals surface area (Å²) in [6, 6.07) is 4.43. The van der Waals surface area contributed by atoms with Gasteiger partial charge in [0.1, 0.15) is 5.82 Å². The molecule has 0 saturated carbocycles. The molecule has 6 heteroatoms. The number of amides is 1. The van der Waals surface area contributed by atoms with Crippen LogP contribution >= 0.6 is 27.5 Å². The minimum absolute atomic E-state index is 0.0687. The Morgan fingerprint density at radius 3 is 2.90 bits per heavy atom. The highest BCUT2D eigenvalue weighted by molar-refractivity contribution is 9.10. The van der Waals surface area contributed by atoms with E-state index in [0.29, 0.717) is 23.4 Å². The van der Waals surface area contributed by atoms with Crippen molar-refractivity contribution < 1.29 is 13.9 Å². The number of rotatable bonds is 2. The molecule has 1 unspecified atom stereocenters. The summed E-state index contributed by atoms with van der Waals surface area (Å²) in [7, 11) is 0. The minimum Gasteiger partial charge on any atom is -0.367 e. The zero-order valence-corrected chi connectivity index (χ0v) is 13.7. The van der Waals surface area contributed by atoms with E-state index in [1.54, 1.807) is 11.0 Å². The Labute approximate surface area is 131 Å². The molecule has 0 aliphatic carbocycles. The maximum atomic E-state index is 13.9. The van der Waals surface area contributed by atoms with Gasteiger partial charge in [0.2, 0.25) is 0 Å². The van der Waals surface area contributed by atoms with Gasteiger partial charge in [0, 0.05) is 17.6 Å². The summed E-state index contributed by atoms with van der Waals surface area (Å²) < 4.78 is 20.3. The number of nitrogens with zero attached hydrogens (tertiary/aromatic N) is 1. The summed E-state index contributed by atoms with van der Waals surface area (Å²) in [6.07, 6.45) is -0.233. The van der Waals surface area contributed by atoms with Crippen molar-refractivity contribution in [2.24, 2.45) is 0 Å². The zero-order chi connectivity index (χ0) is 14.9. The number of halogens is 3. The second-order valence-electron chi connectivity index (χ2n) is 5.46. The molecule has 0 aromatic heterocycles. The second-order valence-corrected chi connectivity index (χ2v) is 6.69. The van der Waals surface area contributed by atoms with Crippen molar-refractivity contribution in [3.05, 3.63) is 34.1 Å². The van der Waals surface area contributed by atoms with Gasteiger partial charge in [0.25, 0.3) is 5.91 Å². The molecule has 110 valence electrons. The maximum Gasteiger partial charge on any atom is 0.257 e. The summed E-state index contributed by atoms with van der Waals surface area (Å²) >= 11 is 9.01. The van der Waals surface area contributed by atoms with Gasteiger partial charge < -0.3 is 9.64 Å². The van der Waals surface area contributed by atoms with Gasteiger partial charge >= 0.3 is 0 Å². The van der Waals surface area contributed by atoms with Crippen molar-refractivity contribution >= 4 is 33.4 Å². The SMILES string of the molecule is CC1(C)CN(C(=O)c2ccc(Br)cc2F)CC(CCl)O1. The molecule has 3 nitrogen and oxygen atoms in total. The lowest BCUT2D eigenvalue weighted by atomic mass is 10.0. The molecule has 0 bridgehead atoms. The van der Waals surface area contributed by atoms with Gasteiger partial charge in [0.05, 0.1) is 23.1 Å². The topological polar surface area (TPSA) is 29.5 Å². The summed E-state index contributed by atoms with van der Waals surface area (Å²) in [6.45, 7) is 4.57. The molecule has 0 spiro atoms. The zero-order valence-electron chi connectivity index (χ0n) is 11.3. The van der Waals surface area contributed by atoms with Gasteiger partial charge in [-0.05, 0) is 32.0 Å². The first-order valence-electron chi connectivity index (χ1n) is 6.30. The minimum atomic E-state index is -0.531. The lowest BCUT2D eigenvalue weighted by molar-refractivity contribution is -0.117. The Balaban J connectivity index is 2.23. The highest BCUT2D eigenvalue weighted by atomic mass is 79.9. The van der Waals surface area contributed by atoms with Crippen LogP contribution in [0.4, 0.5) is 4.39 Å². The van der Waals surface area contributed by atoms with Crippen molar-refractivity contribution in [2.45, 2.75) is 25.6 Å². The number of alkyl halides is 1. The van der Waals surface area contributed by atoms with Gasteiger partial charge in [-0.3, -0.25) is 4.79 Å². The number of hydrogen-bond acceptors (Lipinski definition) is 2. The molecule has 1 heterocycles. The van der Waals surface area contributed by atoms with Crippen LogP contribution < -0.4 is 0 Å². The first-order chi connectivity index (χ1) is 9.32. The molecule has 0 N–H and O–H groups in total. The van der Waals surface area contributed by atoms with Crippen LogP contribution in [0.15, 0.2) is 22.7 Å². The van der Waals surface area contributed by atoms with E-state index >= 15 is 0 Å². The normalized spacial score (nSPS) is 21.9. The largest absolute Gasteiger partial charge is 0.367 e. The fraction of sp³-hybridized carbons (Fsp3) is 0.500. The van der Waals surface area contributed by atoms with Crippen LogP contribution in [0, 0.1) is 5.82 Å². The molecule has 1 atom stereocenters. The molecule has 1 fully saturated rings. The molecule has 0 radical (unpaired) electrons. The Bertz CT molecular complexity index is 524. The van der Waals surface area contributed by atoms with Crippen molar-refractivity contribution in [3.63, 3.8) is 0 Å². The van der Waals surface area contributed by atoms with Gasteiger partial charge in [0.15, 0.2) is 0 Å². The maximum absolute atomic E-state index is 13.9. The van der Waals surface area contributed by atoms with Crippen LogP contribution in [0.3, 0.4) is 0 Å². The Morgan fingerprint density at radius 1 is 1.60 bits per heavy atom. The lowest BCUT2D eigenvalue weighted by Gasteiger charge is -2.42. The van der Waals surface area contributed by atoms with E-state index in [0.717, 1.165) is 0 Å². The second kappa shape index (κ2) is 6.00. The number of carbonyl (C=O) groups is 1. The fourth-order valence-electron chi connectivity index (χ4n) is 2.36. The van der Waals surface area contributed by atoms with E-state index in [9.17, 15) is 9.18 Å². The summed E-state index contributed by atoms with van der Waals surface area (Å²) in [4.78, 5) is 14.1. The van der Waals surface area contributed by atoms with E-state index in [4.69, 9.17) is 16.3 Å². The molecular formula is C14H16BrClFNO2. The molecule has 1 aliphatic heterocycles. The molecule has 20 heavy (non-hydrogen) atoms. The van der Waals surface area contributed by atoms with Gasteiger partial charge in [-0.25, -0.2) is 4.39 Å². The van der Waals surface area contributed by atoms with Crippen LogP contribution in [0.2, 0.25) is 0 Å². The highest BCUT2D eigenvalue weighted by Gasteiger charge is 2.36. The molecule has 1 saturated heterocycles. The number of carbonyl (C=O) groups excluding carboxylic acids is 1. The predicted molar refractivity (Wildman–Crippen MR) is 79.7 cm³/mol. The summed E-state index contributed by atoms with van der Waals surface area (Å²) in [5.41, 5.74) is -0.418. The summed E-state index contributed by atoms with van der Waals surface area (Å²) in [5, 5.41) is 0. The quantitative estimate of drug-likeness (QED) is 0.752. The van der Waals surface area contributed by atoms with Gasteiger partial charge in [-0.15, -0.1) is 11.6 Å².